The second kappa shape index (κ2) is 10.6. The number of hydrogen-bond acceptors (Lipinski definition) is 8. The quantitative estimate of drug-likeness (QED) is 0.230. The van der Waals surface area contributed by atoms with Gasteiger partial charge in [-0.05, 0) is 31.0 Å². The van der Waals surface area contributed by atoms with Gasteiger partial charge in [-0.15, -0.1) is 11.3 Å². The zero-order valence-electron chi connectivity index (χ0n) is 19.0. The number of nitrogens with zero attached hydrogens (tertiary/aromatic N) is 3. The predicted octanol–water partition coefficient (Wildman–Crippen LogP) is 5.20. The van der Waals surface area contributed by atoms with Crippen molar-refractivity contribution >= 4 is 65.8 Å². The monoisotopic (exact) mass is 572 g/mol. The summed E-state index contributed by atoms with van der Waals surface area (Å²) in [4.78, 5) is 48.9. The molecule has 3 heterocycles. The van der Waals surface area contributed by atoms with Crippen molar-refractivity contribution in [3.05, 3.63) is 73.5 Å². The molecule has 0 atom stereocenters. The van der Waals surface area contributed by atoms with Gasteiger partial charge in [-0.25, -0.2) is 14.8 Å². The molecule has 4 rings (SSSR count). The molecule has 0 unspecified atom stereocenters. The number of benzene rings is 1. The molecule has 0 aliphatic carbocycles. The van der Waals surface area contributed by atoms with Crippen LogP contribution in [0.25, 0.3) is 21.3 Å². The Bertz CT molecular complexity index is 1490. The summed E-state index contributed by atoms with van der Waals surface area (Å²) < 4.78 is 7.27. The molecule has 3 aromatic heterocycles. The topological polar surface area (TPSA) is 103 Å². The number of carbonyl (C=O) groups is 2. The molecule has 0 bridgehead atoms. The number of esters is 1. The standard InChI is InChI=1S/C24H21BrN4O4S2/c1-4-10-33-23(32)20-13(3)27-24(35-20)28-17(30)11-29-12-26-21-19(22(29)31)18(16(5-2)34-21)14-6-8-15(25)9-7-14/h4,6-9,12H,1,5,10-11H2,2-3H3,(H,27,28,30). The number of hydrogen-bond donors (Lipinski definition) is 1. The number of halogens is 1. The molecule has 4 aromatic rings. The molecule has 0 fully saturated rings. The minimum Gasteiger partial charge on any atom is -0.457 e. The van der Waals surface area contributed by atoms with Gasteiger partial charge in [0.1, 0.15) is 22.9 Å². The Kier molecular flexibility index (Phi) is 7.58. The molecule has 0 saturated carbocycles. The van der Waals surface area contributed by atoms with Gasteiger partial charge in [-0.1, -0.05) is 59.0 Å². The molecular weight excluding hydrogens is 552 g/mol. The molecule has 8 nitrogen and oxygen atoms in total. The van der Waals surface area contributed by atoms with Gasteiger partial charge < -0.3 is 10.1 Å². The molecule has 0 aliphatic heterocycles. The largest absolute Gasteiger partial charge is 0.457 e. The van der Waals surface area contributed by atoms with Gasteiger partial charge in [-0.2, -0.15) is 0 Å². The molecule has 0 saturated heterocycles. The van der Waals surface area contributed by atoms with Crippen LogP contribution in [0.4, 0.5) is 5.13 Å². The summed E-state index contributed by atoms with van der Waals surface area (Å²) in [5.74, 6) is -0.986. The van der Waals surface area contributed by atoms with Crippen LogP contribution < -0.4 is 10.9 Å². The van der Waals surface area contributed by atoms with Gasteiger partial charge in [-0.3, -0.25) is 14.2 Å². The lowest BCUT2D eigenvalue weighted by Gasteiger charge is -2.07. The summed E-state index contributed by atoms with van der Waals surface area (Å²) in [6, 6.07) is 7.77. The fourth-order valence-electron chi connectivity index (χ4n) is 3.51. The number of rotatable bonds is 8. The van der Waals surface area contributed by atoms with Crippen LogP contribution in [0.3, 0.4) is 0 Å². The molecule has 180 valence electrons. The van der Waals surface area contributed by atoms with E-state index in [0.29, 0.717) is 20.8 Å². The molecule has 1 N–H and O–H groups in total. The number of carbonyl (C=O) groups excluding carboxylic acids is 2. The predicted molar refractivity (Wildman–Crippen MR) is 142 cm³/mol. The molecular formula is C24H21BrN4O4S2. The molecule has 1 amide bonds. The zero-order chi connectivity index (χ0) is 25.1. The van der Waals surface area contributed by atoms with Crippen molar-refractivity contribution in [3.8, 4) is 11.1 Å². The highest BCUT2D eigenvalue weighted by Crippen LogP contribution is 2.36. The van der Waals surface area contributed by atoms with Gasteiger partial charge in [0.25, 0.3) is 5.56 Å². The van der Waals surface area contributed by atoms with Crippen LogP contribution in [-0.4, -0.2) is 33.0 Å². The lowest BCUT2D eigenvalue weighted by Crippen LogP contribution is -2.27. The highest BCUT2D eigenvalue weighted by molar-refractivity contribution is 9.10. The van der Waals surface area contributed by atoms with Crippen LogP contribution in [0.15, 0.2) is 52.5 Å². The first-order valence-electron chi connectivity index (χ1n) is 10.6. The maximum Gasteiger partial charge on any atom is 0.350 e. The summed E-state index contributed by atoms with van der Waals surface area (Å²) in [5, 5.41) is 3.41. The SMILES string of the molecule is C=CCOC(=O)c1sc(NC(=O)Cn2cnc3sc(CC)c(-c4ccc(Br)cc4)c3c2=O)nc1C. The van der Waals surface area contributed by atoms with E-state index in [9.17, 15) is 14.4 Å². The molecule has 35 heavy (non-hydrogen) atoms. The molecule has 0 aliphatic rings. The summed E-state index contributed by atoms with van der Waals surface area (Å²) in [6.07, 6.45) is 3.61. The van der Waals surface area contributed by atoms with Crippen molar-refractivity contribution in [2.75, 3.05) is 11.9 Å². The molecule has 11 heteroatoms. The lowest BCUT2D eigenvalue weighted by atomic mass is 10.0. The minimum absolute atomic E-state index is 0.0842. The lowest BCUT2D eigenvalue weighted by molar-refractivity contribution is -0.116. The Balaban J connectivity index is 1.61. The number of anilines is 1. The number of thiophene rings is 1. The van der Waals surface area contributed by atoms with Crippen LogP contribution in [0, 0.1) is 6.92 Å². The van der Waals surface area contributed by atoms with Gasteiger partial charge >= 0.3 is 5.97 Å². The van der Waals surface area contributed by atoms with Crippen molar-refractivity contribution < 1.29 is 14.3 Å². The van der Waals surface area contributed by atoms with E-state index in [1.807, 2.05) is 31.2 Å². The van der Waals surface area contributed by atoms with Crippen molar-refractivity contribution in [2.45, 2.75) is 26.8 Å². The Morgan fingerprint density at radius 2 is 2.00 bits per heavy atom. The third-order valence-corrected chi connectivity index (χ3v) is 7.90. The Hall–Kier alpha value is -3.15. The molecule has 1 aromatic carbocycles. The van der Waals surface area contributed by atoms with Gasteiger partial charge in [0.05, 0.1) is 17.4 Å². The number of amides is 1. The molecule has 0 radical (unpaired) electrons. The van der Waals surface area contributed by atoms with E-state index in [2.05, 4.69) is 37.8 Å². The first-order valence-corrected chi connectivity index (χ1v) is 13.1. The number of aryl methyl sites for hydroxylation is 2. The second-order valence-corrected chi connectivity index (χ2v) is 10.5. The normalized spacial score (nSPS) is 10.9. The first-order chi connectivity index (χ1) is 16.8. The summed E-state index contributed by atoms with van der Waals surface area (Å²) >= 11 is 5.94. The fourth-order valence-corrected chi connectivity index (χ4v) is 5.74. The minimum atomic E-state index is -0.532. The van der Waals surface area contributed by atoms with Crippen molar-refractivity contribution in [1.29, 1.82) is 0 Å². The van der Waals surface area contributed by atoms with E-state index in [-0.39, 0.29) is 23.8 Å². The van der Waals surface area contributed by atoms with Crippen LogP contribution in [0.2, 0.25) is 0 Å². The van der Waals surface area contributed by atoms with Gasteiger partial charge in [0, 0.05) is 14.9 Å². The number of ether oxygens (including phenoxy) is 1. The maximum atomic E-state index is 13.4. The van der Waals surface area contributed by atoms with Crippen molar-refractivity contribution in [3.63, 3.8) is 0 Å². The van der Waals surface area contributed by atoms with E-state index in [1.165, 1.54) is 28.3 Å². The average Bonchev–Trinajstić information content (AvgIpc) is 3.40. The third kappa shape index (κ3) is 5.26. The smallest absolute Gasteiger partial charge is 0.350 e. The first kappa shape index (κ1) is 25.0. The highest BCUT2D eigenvalue weighted by atomic mass is 79.9. The fraction of sp³-hybridized carbons (Fsp3) is 0.208. The number of aromatic nitrogens is 3. The Morgan fingerprint density at radius 3 is 2.69 bits per heavy atom. The average molecular weight is 573 g/mol. The van der Waals surface area contributed by atoms with E-state index in [0.717, 1.165) is 38.2 Å². The summed E-state index contributed by atoms with van der Waals surface area (Å²) in [5.41, 5.74) is 1.93. The van der Waals surface area contributed by atoms with Crippen LogP contribution in [-0.2, 0) is 22.5 Å². The highest BCUT2D eigenvalue weighted by Gasteiger charge is 2.20. The maximum absolute atomic E-state index is 13.4. The van der Waals surface area contributed by atoms with Crippen LogP contribution in [0.1, 0.15) is 27.2 Å². The Morgan fingerprint density at radius 1 is 1.26 bits per heavy atom. The number of thiazole rings is 1. The molecule has 0 spiro atoms. The van der Waals surface area contributed by atoms with Gasteiger partial charge in [0.2, 0.25) is 5.91 Å². The van der Waals surface area contributed by atoms with E-state index in [1.54, 1.807) is 6.92 Å². The van der Waals surface area contributed by atoms with Crippen molar-refractivity contribution in [2.24, 2.45) is 0 Å². The second-order valence-electron chi connectivity index (χ2n) is 7.49. The summed E-state index contributed by atoms with van der Waals surface area (Å²) in [6.45, 7) is 7.05. The number of nitrogens with one attached hydrogen (secondary N) is 1. The van der Waals surface area contributed by atoms with E-state index >= 15 is 0 Å². The van der Waals surface area contributed by atoms with E-state index in [4.69, 9.17) is 4.74 Å². The van der Waals surface area contributed by atoms with E-state index < -0.39 is 11.9 Å². The van der Waals surface area contributed by atoms with Crippen LogP contribution in [0.5, 0.6) is 0 Å². The van der Waals surface area contributed by atoms with Gasteiger partial charge in [0.15, 0.2) is 5.13 Å². The Labute approximate surface area is 217 Å². The van der Waals surface area contributed by atoms with Crippen LogP contribution >= 0.6 is 38.6 Å². The number of fused-ring (bicyclic) bond motifs is 1. The third-order valence-electron chi connectivity index (χ3n) is 5.08. The van der Waals surface area contributed by atoms with Crippen molar-refractivity contribution in [1.82, 2.24) is 14.5 Å². The summed E-state index contributed by atoms with van der Waals surface area (Å²) in [7, 11) is 0. The zero-order valence-corrected chi connectivity index (χ0v) is 22.2.